The van der Waals surface area contributed by atoms with Crippen LogP contribution in [0.25, 0.3) is 22.2 Å². The normalized spacial score (nSPS) is 11.0. The van der Waals surface area contributed by atoms with Crippen LogP contribution >= 0.6 is 0 Å². The number of carbonyl (C=O) groups is 1. The molecule has 0 aliphatic heterocycles. The maximum atomic E-state index is 12.2. The van der Waals surface area contributed by atoms with Crippen LogP contribution < -0.4 is 15.8 Å². The van der Waals surface area contributed by atoms with Gasteiger partial charge >= 0.3 is 0 Å². The quantitative estimate of drug-likeness (QED) is 0.293. The van der Waals surface area contributed by atoms with E-state index in [1.807, 2.05) is 65.4 Å². The molecule has 4 rings (SSSR count). The minimum absolute atomic E-state index is 0.0370. The predicted molar refractivity (Wildman–Crippen MR) is 129 cm³/mol. The molecule has 9 nitrogen and oxygen atoms in total. The number of nitrogens with zero attached hydrogens (tertiary/aromatic N) is 3. The van der Waals surface area contributed by atoms with Crippen LogP contribution in [0.4, 0.5) is 5.82 Å². The zero-order chi connectivity index (χ0) is 23.8. The van der Waals surface area contributed by atoms with Gasteiger partial charge in [-0.2, -0.15) is 0 Å². The molecule has 0 saturated carbocycles. The fourth-order valence-corrected chi connectivity index (χ4v) is 3.60. The van der Waals surface area contributed by atoms with Crippen molar-refractivity contribution in [3.63, 3.8) is 0 Å². The fourth-order valence-electron chi connectivity index (χ4n) is 3.60. The second-order valence-electron chi connectivity index (χ2n) is 7.57. The van der Waals surface area contributed by atoms with Gasteiger partial charge in [-0.25, -0.2) is 9.97 Å². The third-order valence-electron chi connectivity index (χ3n) is 5.21. The lowest BCUT2D eigenvalue weighted by atomic mass is 10.1. The van der Waals surface area contributed by atoms with E-state index in [0.29, 0.717) is 31.2 Å². The summed E-state index contributed by atoms with van der Waals surface area (Å²) in [6, 6.07) is 17.3. The molecular weight excluding hydrogens is 434 g/mol. The number of para-hydroxylation sites is 1. The van der Waals surface area contributed by atoms with E-state index in [1.165, 1.54) is 6.33 Å². The molecule has 2 heterocycles. The second-order valence-corrected chi connectivity index (χ2v) is 7.57. The predicted octanol–water partition coefficient (Wildman–Crippen LogP) is 2.99. The van der Waals surface area contributed by atoms with Crippen molar-refractivity contribution in [3.8, 4) is 22.6 Å². The molecule has 2 aromatic carbocycles. The number of anilines is 1. The number of hydrogen-bond acceptors (Lipinski definition) is 7. The molecule has 0 aliphatic rings. The molecule has 1 amide bonds. The smallest absolute Gasteiger partial charge is 0.221 e. The summed E-state index contributed by atoms with van der Waals surface area (Å²) in [5.74, 6) is 1.78. The zero-order valence-corrected chi connectivity index (χ0v) is 18.7. The van der Waals surface area contributed by atoms with Gasteiger partial charge in [0.2, 0.25) is 5.91 Å². The molecule has 0 atom stereocenters. The summed E-state index contributed by atoms with van der Waals surface area (Å²) in [5.41, 5.74) is 8.70. The summed E-state index contributed by atoms with van der Waals surface area (Å²) in [4.78, 5) is 20.8. The summed E-state index contributed by atoms with van der Waals surface area (Å²) in [7, 11) is 0. The van der Waals surface area contributed by atoms with Gasteiger partial charge < -0.3 is 30.2 Å². The second kappa shape index (κ2) is 11.3. The number of fused-ring (bicyclic) bond motifs is 1. The Morgan fingerprint density at radius 3 is 2.56 bits per heavy atom. The van der Waals surface area contributed by atoms with Gasteiger partial charge in [0, 0.05) is 31.3 Å². The first-order valence-corrected chi connectivity index (χ1v) is 11.0. The molecule has 0 saturated heterocycles. The van der Waals surface area contributed by atoms with E-state index in [0.717, 1.165) is 28.0 Å². The van der Waals surface area contributed by atoms with Crippen LogP contribution in [-0.2, 0) is 16.1 Å². The van der Waals surface area contributed by atoms with Crippen molar-refractivity contribution in [1.82, 2.24) is 19.9 Å². The molecule has 0 fully saturated rings. The topological polar surface area (TPSA) is 125 Å². The molecule has 0 bridgehead atoms. The monoisotopic (exact) mass is 461 g/mol. The number of aliphatic hydroxyl groups is 1. The highest BCUT2D eigenvalue weighted by atomic mass is 16.5. The fraction of sp³-hybridized carbons (Fsp3) is 0.240. The van der Waals surface area contributed by atoms with E-state index in [9.17, 15) is 4.79 Å². The van der Waals surface area contributed by atoms with Gasteiger partial charge in [0.15, 0.2) is 0 Å². The Bertz CT molecular complexity index is 1230. The Labute approximate surface area is 197 Å². The average Bonchev–Trinajstić information content (AvgIpc) is 3.24. The first-order valence-electron chi connectivity index (χ1n) is 11.0. The molecule has 0 aliphatic carbocycles. The number of aromatic nitrogens is 3. The van der Waals surface area contributed by atoms with Crippen LogP contribution in [-0.4, -0.2) is 51.9 Å². The van der Waals surface area contributed by atoms with E-state index in [2.05, 4.69) is 15.3 Å². The molecule has 2 aromatic heterocycles. The summed E-state index contributed by atoms with van der Waals surface area (Å²) >= 11 is 0. The van der Waals surface area contributed by atoms with Crippen LogP contribution in [0.5, 0.6) is 11.5 Å². The third kappa shape index (κ3) is 5.69. The number of hydrogen-bond donors (Lipinski definition) is 3. The zero-order valence-electron chi connectivity index (χ0n) is 18.7. The number of amides is 1. The number of aryl methyl sites for hydroxylation is 1. The molecule has 4 N–H and O–H groups in total. The van der Waals surface area contributed by atoms with Crippen molar-refractivity contribution in [2.75, 3.05) is 32.1 Å². The lowest BCUT2D eigenvalue weighted by Gasteiger charge is -2.07. The highest BCUT2D eigenvalue weighted by Crippen LogP contribution is 2.34. The molecule has 0 spiro atoms. The molecule has 176 valence electrons. The van der Waals surface area contributed by atoms with E-state index in [1.54, 1.807) is 0 Å². The molecule has 0 unspecified atom stereocenters. The van der Waals surface area contributed by atoms with Gasteiger partial charge in [0.1, 0.15) is 29.3 Å². The van der Waals surface area contributed by atoms with Crippen molar-refractivity contribution < 1.29 is 19.4 Å². The summed E-state index contributed by atoms with van der Waals surface area (Å²) in [6.07, 6.45) is 3.64. The number of carbonyl (C=O) groups excluding carboxylic acids is 1. The van der Waals surface area contributed by atoms with Crippen molar-refractivity contribution in [2.45, 2.75) is 13.0 Å². The molecule has 4 aromatic rings. The first-order chi connectivity index (χ1) is 16.7. The van der Waals surface area contributed by atoms with Gasteiger partial charge in [-0.1, -0.05) is 30.3 Å². The first kappa shape index (κ1) is 23.2. The van der Waals surface area contributed by atoms with Crippen LogP contribution in [0, 0.1) is 0 Å². The minimum Gasteiger partial charge on any atom is -0.457 e. The number of nitrogen functional groups attached to an aromatic ring is 1. The third-order valence-corrected chi connectivity index (χ3v) is 5.21. The van der Waals surface area contributed by atoms with Crippen LogP contribution in [0.2, 0.25) is 0 Å². The minimum atomic E-state index is -0.0968. The number of rotatable bonds is 11. The van der Waals surface area contributed by atoms with Gasteiger partial charge in [-0.15, -0.1) is 0 Å². The number of nitrogens with one attached hydrogen (secondary N) is 1. The van der Waals surface area contributed by atoms with Crippen LogP contribution in [0.1, 0.15) is 6.42 Å². The number of benzene rings is 2. The largest absolute Gasteiger partial charge is 0.457 e. The summed E-state index contributed by atoms with van der Waals surface area (Å²) < 4.78 is 13.0. The van der Waals surface area contributed by atoms with Gasteiger partial charge in [-0.3, -0.25) is 4.79 Å². The average molecular weight is 462 g/mol. The maximum Gasteiger partial charge on any atom is 0.221 e. The van der Waals surface area contributed by atoms with Gasteiger partial charge in [-0.05, 0) is 29.8 Å². The van der Waals surface area contributed by atoms with Crippen molar-refractivity contribution in [1.29, 1.82) is 0 Å². The molecule has 34 heavy (non-hydrogen) atoms. The SMILES string of the molecule is Nc1ncnc2c1c(-c1ccc(Oc3ccccc3)cc1)cn2CCC(=O)NCCOCCO. The standard InChI is InChI=1S/C25H27N5O4/c26-24-23-21(18-6-8-20(9-7-18)34-19-4-2-1-3-5-19)16-30(25(23)29-17-28-24)12-10-22(32)27-11-14-33-15-13-31/h1-9,16-17,31H,10-15H2,(H,27,32)(H2,26,28,29). The number of aliphatic hydroxyl groups excluding tert-OH is 1. The van der Waals surface area contributed by atoms with E-state index in [-0.39, 0.29) is 25.5 Å². The Morgan fingerprint density at radius 2 is 1.79 bits per heavy atom. The maximum absolute atomic E-state index is 12.2. The molecule has 9 heteroatoms. The summed E-state index contributed by atoms with van der Waals surface area (Å²) in [6.45, 7) is 1.41. The lowest BCUT2D eigenvalue weighted by Crippen LogP contribution is -2.28. The Hall–Kier alpha value is -3.95. The Balaban J connectivity index is 1.48. The Morgan fingerprint density at radius 1 is 1.03 bits per heavy atom. The lowest BCUT2D eigenvalue weighted by molar-refractivity contribution is -0.121. The Kier molecular flexibility index (Phi) is 7.69. The van der Waals surface area contributed by atoms with Gasteiger partial charge in [0.05, 0.1) is 25.2 Å². The van der Waals surface area contributed by atoms with E-state index < -0.39 is 0 Å². The number of nitrogens with two attached hydrogens (primary N) is 1. The van der Waals surface area contributed by atoms with Crippen molar-refractivity contribution in [3.05, 3.63) is 67.1 Å². The molecule has 0 radical (unpaired) electrons. The summed E-state index contributed by atoms with van der Waals surface area (Å²) in [5, 5.41) is 12.3. The van der Waals surface area contributed by atoms with Crippen molar-refractivity contribution in [2.24, 2.45) is 0 Å². The van der Waals surface area contributed by atoms with E-state index in [4.69, 9.17) is 20.3 Å². The van der Waals surface area contributed by atoms with Crippen molar-refractivity contribution >= 4 is 22.8 Å². The number of ether oxygens (including phenoxy) is 2. The van der Waals surface area contributed by atoms with E-state index >= 15 is 0 Å². The molecular formula is C25H27N5O4. The highest BCUT2D eigenvalue weighted by molar-refractivity contribution is 6.00. The van der Waals surface area contributed by atoms with Crippen LogP contribution in [0.15, 0.2) is 67.1 Å². The van der Waals surface area contributed by atoms with Crippen LogP contribution in [0.3, 0.4) is 0 Å². The highest BCUT2D eigenvalue weighted by Gasteiger charge is 2.16. The van der Waals surface area contributed by atoms with Gasteiger partial charge in [0.25, 0.3) is 0 Å².